The van der Waals surface area contributed by atoms with Crippen LogP contribution in [0.5, 0.6) is 0 Å². The van der Waals surface area contributed by atoms with Crippen molar-refractivity contribution in [2.45, 2.75) is 0 Å². The van der Waals surface area contributed by atoms with Gasteiger partial charge in [-0.15, -0.1) is 0 Å². The summed E-state index contributed by atoms with van der Waals surface area (Å²) in [5.41, 5.74) is 8.30. The van der Waals surface area contributed by atoms with E-state index >= 15 is 0 Å². The second-order valence-corrected chi connectivity index (χ2v) is 13.5. The number of pyridine rings is 1. The summed E-state index contributed by atoms with van der Waals surface area (Å²) >= 11 is 0. The van der Waals surface area contributed by atoms with E-state index in [2.05, 4.69) is 155 Å². The van der Waals surface area contributed by atoms with Crippen molar-refractivity contribution in [2.24, 2.45) is 0 Å². The van der Waals surface area contributed by atoms with Gasteiger partial charge in [-0.2, -0.15) is 0 Å². The van der Waals surface area contributed by atoms with Crippen LogP contribution in [0.3, 0.4) is 0 Å². The zero-order valence-corrected chi connectivity index (χ0v) is 29.0. The van der Waals surface area contributed by atoms with Gasteiger partial charge >= 0.3 is 0 Å². The summed E-state index contributed by atoms with van der Waals surface area (Å²) in [6, 6.07) is 61.3. The number of fused-ring (bicyclic) bond motifs is 8. The smallest absolute Gasteiger partial charge is 0.165 e. The lowest BCUT2D eigenvalue weighted by atomic mass is 10.1. The topological polar surface area (TPSA) is 61.4 Å². The standard InChI is InChI=1S/C48H30N6/c1-3-14-32(15-4-1)46-50-47(34-24-23-31-13-7-8-16-33(31)29-34)52-48(51-46)35-25-28-43(49-30-35)54-42-22-12-10-20-38(42)40-27-26-39-37-19-9-11-21-41(37)53(44(39)45(40)54)36-17-5-2-6-18-36/h1-30H. The zero-order chi connectivity index (χ0) is 35.6. The molecule has 0 fully saturated rings. The second kappa shape index (κ2) is 12.1. The van der Waals surface area contributed by atoms with Gasteiger partial charge in [-0.05, 0) is 53.2 Å². The summed E-state index contributed by atoms with van der Waals surface area (Å²) in [6.07, 6.45) is 1.89. The van der Waals surface area contributed by atoms with Crippen molar-refractivity contribution in [2.75, 3.05) is 0 Å². The molecule has 0 aliphatic carbocycles. The fraction of sp³-hybridized carbons (Fsp3) is 0. The molecule has 0 N–H and O–H groups in total. The lowest BCUT2D eigenvalue weighted by Crippen LogP contribution is -2.02. The Morgan fingerprint density at radius 2 is 0.889 bits per heavy atom. The molecule has 4 aromatic heterocycles. The van der Waals surface area contributed by atoms with E-state index in [1.165, 1.54) is 26.9 Å². The maximum absolute atomic E-state index is 5.16. The summed E-state index contributed by atoms with van der Waals surface area (Å²) in [7, 11) is 0. The molecule has 54 heavy (non-hydrogen) atoms. The summed E-state index contributed by atoms with van der Waals surface area (Å²) in [5.74, 6) is 2.62. The van der Waals surface area contributed by atoms with Crippen LogP contribution >= 0.6 is 0 Å². The van der Waals surface area contributed by atoms with Crippen molar-refractivity contribution in [1.82, 2.24) is 29.1 Å². The van der Waals surface area contributed by atoms with E-state index in [9.17, 15) is 0 Å². The van der Waals surface area contributed by atoms with Gasteiger partial charge in [0.25, 0.3) is 0 Å². The average molecular weight is 691 g/mol. The van der Waals surface area contributed by atoms with Crippen molar-refractivity contribution >= 4 is 54.4 Å². The van der Waals surface area contributed by atoms with Crippen LogP contribution in [-0.4, -0.2) is 29.1 Å². The van der Waals surface area contributed by atoms with Gasteiger partial charge in [-0.3, -0.25) is 4.57 Å². The van der Waals surface area contributed by atoms with Gasteiger partial charge in [0.2, 0.25) is 0 Å². The highest BCUT2D eigenvalue weighted by molar-refractivity contribution is 6.23. The molecular formula is C48H30N6. The third kappa shape index (κ3) is 4.74. The van der Waals surface area contributed by atoms with Crippen LogP contribution in [0, 0.1) is 0 Å². The van der Waals surface area contributed by atoms with Crippen LogP contribution in [0.15, 0.2) is 182 Å². The van der Waals surface area contributed by atoms with Crippen LogP contribution in [0.1, 0.15) is 0 Å². The molecule has 0 spiro atoms. The van der Waals surface area contributed by atoms with Crippen LogP contribution in [0.4, 0.5) is 0 Å². The van der Waals surface area contributed by atoms with E-state index in [-0.39, 0.29) is 0 Å². The monoisotopic (exact) mass is 690 g/mol. The summed E-state index contributed by atoms with van der Waals surface area (Å²) in [5, 5.41) is 7.07. The first-order valence-corrected chi connectivity index (χ1v) is 18.1. The maximum atomic E-state index is 5.16. The molecule has 4 heterocycles. The van der Waals surface area contributed by atoms with Crippen LogP contribution < -0.4 is 0 Å². The molecule has 0 aliphatic rings. The zero-order valence-electron chi connectivity index (χ0n) is 29.0. The molecule has 0 saturated carbocycles. The Bertz CT molecular complexity index is 3200. The Morgan fingerprint density at radius 1 is 0.352 bits per heavy atom. The number of aromatic nitrogens is 6. The third-order valence-corrected chi connectivity index (χ3v) is 10.4. The van der Waals surface area contributed by atoms with E-state index in [0.29, 0.717) is 17.5 Å². The number of benzene rings is 7. The first-order chi connectivity index (χ1) is 26.8. The normalized spacial score (nSPS) is 11.7. The van der Waals surface area contributed by atoms with E-state index in [4.69, 9.17) is 19.9 Å². The highest BCUT2D eigenvalue weighted by Crippen LogP contribution is 2.41. The van der Waals surface area contributed by atoms with Gasteiger partial charge in [-0.1, -0.05) is 133 Å². The number of hydrogen-bond donors (Lipinski definition) is 0. The van der Waals surface area contributed by atoms with E-state index in [1.54, 1.807) is 0 Å². The molecule has 6 nitrogen and oxygen atoms in total. The van der Waals surface area contributed by atoms with Crippen LogP contribution in [-0.2, 0) is 0 Å². The average Bonchev–Trinajstić information content (AvgIpc) is 3.77. The molecule has 0 atom stereocenters. The maximum Gasteiger partial charge on any atom is 0.165 e. The predicted molar refractivity (Wildman–Crippen MR) is 220 cm³/mol. The molecule has 0 saturated heterocycles. The minimum Gasteiger partial charge on any atom is -0.307 e. The minimum atomic E-state index is 0.569. The Balaban J connectivity index is 1.12. The number of para-hydroxylation sites is 3. The fourth-order valence-electron chi connectivity index (χ4n) is 7.91. The predicted octanol–water partition coefficient (Wildman–Crippen LogP) is 11.6. The van der Waals surface area contributed by atoms with E-state index in [1.807, 2.05) is 36.5 Å². The summed E-state index contributed by atoms with van der Waals surface area (Å²) in [4.78, 5) is 20.2. The van der Waals surface area contributed by atoms with E-state index in [0.717, 1.165) is 55.6 Å². The van der Waals surface area contributed by atoms with Gasteiger partial charge in [0, 0.05) is 50.1 Å². The highest BCUT2D eigenvalue weighted by atomic mass is 15.1. The van der Waals surface area contributed by atoms with Crippen LogP contribution in [0.2, 0.25) is 0 Å². The molecule has 11 aromatic rings. The van der Waals surface area contributed by atoms with Crippen molar-refractivity contribution in [3.05, 3.63) is 182 Å². The first kappa shape index (κ1) is 30.2. The molecule has 252 valence electrons. The SMILES string of the molecule is c1ccc(-c2nc(-c3ccc(-n4c5ccccc5c5ccc6c7ccccc7n(-c7ccccc7)c6c54)nc3)nc(-c3ccc4ccccc4c3)n2)cc1. The highest BCUT2D eigenvalue weighted by Gasteiger charge is 2.22. The second-order valence-electron chi connectivity index (χ2n) is 13.5. The van der Waals surface area contributed by atoms with Crippen LogP contribution in [0.25, 0.3) is 100 Å². The van der Waals surface area contributed by atoms with Gasteiger partial charge in [-0.25, -0.2) is 19.9 Å². The molecule has 0 bridgehead atoms. The van der Waals surface area contributed by atoms with Gasteiger partial charge in [0.15, 0.2) is 17.5 Å². The fourth-order valence-corrected chi connectivity index (χ4v) is 7.91. The summed E-state index contributed by atoms with van der Waals surface area (Å²) in [6.45, 7) is 0. The van der Waals surface area contributed by atoms with Crippen molar-refractivity contribution in [3.63, 3.8) is 0 Å². The molecule has 0 aliphatic heterocycles. The molecule has 0 unspecified atom stereocenters. The van der Waals surface area contributed by atoms with Gasteiger partial charge < -0.3 is 4.57 Å². The lowest BCUT2D eigenvalue weighted by molar-refractivity contribution is 1.05. The number of hydrogen-bond acceptors (Lipinski definition) is 4. The number of rotatable bonds is 5. The largest absolute Gasteiger partial charge is 0.307 e. The van der Waals surface area contributed by atoms with Crippen molar-refractivity contribution in [1.29, 1.82) is 0 Å². The van der Waals surface area contributed by atoms with Gasteiger partial charge in [0.1, 0.15) is 5.82 Å². The molecule has 11 rings (SSSR count). The van der Waals surface area contributed by atoms with Gasteiger partial charge in [0.05, 0.1) is 22.1 Å². The van der Waals surface area contributed by atoms with E-state index < -0.39 is 0 Å². The molecule has 0 amide bonds. The number of nitrogens with zero attached hydrogens (tertiary/aromatic N) is 6. The first-order valence-electron chi connectivity index (χ1n) is 18.1. The third-order valence-electron chi connectivity index (χ3n) is 10.4. The molecule has 0 radical (unpaired) electrons. The Labute approximate surface area is 310 Å². The lowest BCUT2D eigenvalue weighted by Gasteiger charge is -2.12. The molecular weight excluding hydrogens is 661 g/mol. The molecule has 7 aromatic carbocycles. The van der Waals surface area contributed by atoms with Crippen molar-refractivity contribution in [3.8, 4) is 45.7 Å². The minimum absolute atomic E-state index is 0.569. The Kier molecular flexibility index (Phi) is 6.75. The quantitative estimate of drug-likeness (QED) is 0.180. The molecule has 6 heteroatoms. The van der Waals surface area contributed by atoms with Crippen molar-refractivity contribution < 1.29 is 0 Å². The Hall–Kier alpha value is -7.44. The Morgan fingerprint density at radius 3 is 1.57 bits per heavy atom. The summed E-state index contributed by atoms with van der Waals surface area (Å²) < 4.78 is 4.69.